The molecule has 0 N–H and O–H groups in total. The Hall–Kier alpha value is -0.0400. The lowest BCUT2D eigenvalue weighted by Crippen LogP contribution is -2.00. The van der Waals surface area contributed by atoms with E-state index in [1.807, 2.05) is 0 Å². The van der Waals surface area contributed by atoms with Crippen molar-refractivity contribution in [2.24, 2.45) is 0 Å². The van der Waals surface area contributed by atoms with Crippen molar-refractivity contribution in [3.63, 3.8) is 0 Å². The average molecular weight is 100 g/mol. The van der Waals surface area contributed by atoms with Crippen molar-refractivity contribution < 1.29 is 4.74 Å². The molecule has 0 radical (unpaired) electrons. The Morgan fingerprint density at radius 1 is 1.71 bits per heavy atom. The molecule has 1 heteroatoms. The van der Waals surface area contributed by atoms with E-state index in [1.165, 1.54) is 19.3 Å². The first kappa shape index (κ1) is 5.10. The van der Waals surface area contributed by atoms with E-state index >= 15 is 0 Å². The SMILES string of the molecule is CC[C@@H]1CCCO1. The van der Waals surface area contributed by atoms with Crippen LogP contribution in [0.3, 0.4) is 0 Å². The fourth-order valence-corrected chi connectivity index (χ4v) is 0.966. The van der Waals surface area contributed by atoms with Gasteiger partial charge in [-0.3, -0.25) is 0 Å². The topological polar surface area (TPSA) is 9.23 Å². The number of hydrogen-bond acceptors (Lipinski definition) is 1. The molecule has 0 bridgehead atoms. The molecule has 0 aromatic heterocycles. The molecule has 1 nitrogen and oxygen atoms in total. The van der Waals surface area contributed by atoms with Gasteiger partial charge in [0.05, 0.1) is 6.10 Å². The Morgan fingerprint density at radius 3 is 2.86 bits per heavy atom. The zero-order chi connectivity index (χ0) is 5.11. The molecule has 0 amide bonds. The van der Waals surface area contributed by atoms with Gasteiger partial charge in [-0.25, -0.2) is 0 Å². The van der Waals surface area contributed by atoms with Gasteiger partial charge >= 0.3 is 0 Å². The fraction of sp³-hybridized carbons (Fsp3) is 1.00. The van der Waals surface area contributed by atoms with Gasteiger partial charge in [-0.15, -0.1) is 0 Å². The summed E-state index contributed by atoms with van der Waals surface area (Å²) in [6.07, 6.45) is 4.36. The van der Waals surface area contributed by atoms with Gasteiger partial charge < -0.3 is 4.74 Å². The summed E-state index contributed by atoms with van der Waals surface area (Å²) < 4.78 is 5.30. The molecule has 1 aliphatic rings. The molecule has 0 aromatic carbocycles. The van der Waals surface area contributed by atoms with Crippen molar-refractivity contribution in [2.45, 2.75) is 32.3 Å². The maximum atomic E-state index is 5.30. The van der Waals surface area contributed by atoms with Crippen molar-refractivity contribution in [1.82, 2.24) is 0 Å². The third kappa shape index (κ3) is 1.16. The predicted octanol–water partition coefficient (Wildman–Crippen LogP) is 1.58. The maximum Gasteiger partial charge on any atom is 0.0573 e. The normalized spacial score (nSPS) is 31.3. The Morgan fingerprint density at radius 2 is 2.57 bits per heavy atom. The van der Waals surface area contributed by atoms with Crippen LogP contribution in [0.25, 0.3) is 0 Å². The van der Waals surface area contributed by atoms with Gasteiger partial charge in [0, 0.05) is 6.61 Å². The van der Waals surface area contributed by atoms with Gasteiger partial charge in [0.25, 0.3) is 0 Å². The molecule has 1 rings (SSSR count). The van der Waals surface area contributed by atoms with Crippen LogP contribution in [0.5, 0.6) is 0 Å². The molecular weight excluding hydrogens is 88.1 g/mol. The minimum absolute atomic E-state index is 0.597. The van der Waals surface area contributed by atoms with E-state index < -0.39 is 0 Å². The van der Waals surface area contributed by atoms with Crippen LogP contribution in [0, 0.1) is 0 Å². The van der Waals surface area contributed by atoms with Gasteiger partial charge in [0.15, 0.2) is 0 Å². The second kappa shape index (κ2) is 2.31. The Kier molecular flexibility index (Phi) is 1.69. The van der Waals surface area contributed by atoms with Crippen molar-refractivity contribution in [1.29, 1.82) is 0 Å². The van der Waals surface area contributed by atoms with Crippen LogP contribution in [0.1, 0.15) is 26.2 Å². The highest BCUT2D eigenvalue weighted by Gasteiger charge is 2.11. The number of rotatable bonds is 1. The van der Waals surface area contributed by atoms with Crippen LogP contribution in [0.4, 0.5) is 0 Å². The zero-order valence-corrected chi connectivity index (χ0v) is 4.81. The summed E-state index contributed by atoms with van der Waals surface area (Å²) in [5, 5.41) is 0. The summed E-state index contributed by atoms with van der Waals surface area (Å²) in [6.45, 7) is 3.18. The minimum Gasteiger partial charge on any atom is -0.378 e. The highest BCUT2D eigenvalue weighted by atomic mass is 16.5. The first-order valence-corrected chi connectivity index (χ1v) is 3.05. The van der Waals surface area contributed by atoms with E-state index in [2.05, 4.69) is 6.92 Å². The lowest BCUT2D eigenvalue weighted by atomic mass is 10.2. The van der Waals surface area contributed by atoms with Gasteiger partial charge in [-0.05, 0) is 19.3 Å². The van der Waals surface area contributed by atoms with Crippen LogP contribution >= 0.6 is 0 Å². The molecule has 7 heavy (non-hydrogen) atoms. The molecule has 1 saturated heterocycles. The number of ether oxygens (including phenoxy) is 1. The molecule has 0 aromatic rings. The van der Waals surface area contributed by atoms with Crippen LogP contribution in [-0.4, -0.2) is 12.7 Å². The highest BCUT2D eigenvalue weighted by molar-refractivity contribution is 4.60. The molecule has 0 aliphatic carbocycles. The molecular formula is C6H12O. The van der Waals surface area contributed by atoms with Crippen molar-refractivity contribution in [3.8, 4) is 0 Å². The summed E-state index contributed by atoms with van der Waals surface area (Å²) in [6, 6.07) is 0. The molecule has 1 heterocycles. The molecule has 0 unspecified atom stereocenters. The van der Waals surface area contributed by atoms with Crippen LogP contribution < -0.4 is 0 Å². The van der Waals surface area contributed by atoms with E-state index in [0.29, 0.717) is 6.10 Å². The Balaban J connectivity index is 2.14. The Bertz CT molecular complexity index is 46.1. The monoisotopic (exact) mass is 100 g/mol. The van der Waals surface area contributed by atoms with Crippen LogP contribution in [0.2, 0.25) is 0 Å². The first-order valence-electron chi connectivity index (χ1n) is 3.05. The summed E-state index contributed by atoms with van der Waals surface area (Å²) in [5.41, 5.74) is 0. The van der Waals surface area contributed by atoms with Gasteiger partial charge in [-0.1, -0.05) is 6.92 Å². The van der Waals surface area contributed by atoms with Crippen molar-refractivity contribution in [2.75, 3.05) is 6.61 Å². The largest absolute Gasteiger partial charge is 0.378 e. The fourth-order valence-electron chi connectivity index (χ4n) is 0.966. The highest BCUT2D eigenvalue weighted by Crippen LogP contribution is 2.13. The maximum absolute atomic E-state index is 5.30. The second-order valence-corrected chi connectivity index (χ2v) is 2.04. The van der Waals surface area contributed by atoms with Crippen LogP contribution in [-0.2, 0) is 4.74 Å². The lowest BCUT2D eigenvalue weighted by molar-refractivity contribution is 0.108. The molecule has 1 aliphatic heterocycles. The van der Waals surface area contributed by atoms with Crippen molar-refractivity contribution in [3.05, 3.63) is 0 Å². The van der Waals surface area contributed by atoms with E-state index in [-0.39, 0.29) is 0 Å². The van der Waals surface area contributed by atoms with Gasteiger partial charge in [0.1, 0.15) is 0 Å². The van der Waals surface area contributed by atoms with E-state index in [4.69, 9.17) is 4.74 Å². The molecule has 0 saturated carbocycles. The molecule has 42 valence electrons. The van der Waals surface area contributed by atoms with E-state index in [0.717, 1.165) is 6.61 Å². The average Bonchev–Trinajstić information content (AvgIpc) is 2.14. The number of hydrogen-bond donors (Lipinski definition) is 0. The summed E-state index contributed by atoms with van der Waals surface area (Å²) in [4.78, 5) is 0. The zero-order valence-electron chi connectivity index (χ0n) is 4.81. The van der Waals surface area contributed by atoms with Crippen molar-refractivity contribution >= 4 is 0 Å². The summed E-state index contributed by atoms with van der Waals surface area (Å²) in [5.74, 6) is 0. The molecule has 1 atom stereocenters. The van der Waals surface area contributed by atoms with E-state index in [9.17, 15) is 0 Å². The standard InChI is InChI=1S/C6H12O/c1-2-6-4-3-5-7-6/h6H,2-5H2,1H3/t6-/m1/s1. The third-order valence-corrected chi connectivity index (χ3v) is 1.48. The summed E-state index contributed by atoms with van der Waals surface area (Å²) >= 11 is 0. The first-order chi connectivity index (χ1) is 3.43. The van der Waals surface area contributed by atoms with Gasteiger partial charge in [-0.2, -0.15) is 0 Å². The van der Waals surface area contributed by atoms with Gasteiger partial charge in [0.2, 0.25) is 0 Å². The predicted molar refractivity (Wildman–Crippen MR) is 29.3 cm³/mol. The molecule has 1 fully saturated rings. The lowest BCUT2D eigenvalue weighted by Gasteiger charge is -2.01. The quantitative estimate of drug-likeness (QED) is 0.486. The Labute approximate surface area is 44.7 Å². The van der Waals surface area contributed by atoms with Crippen LogP contribution in [0.15, 0.2) is 0 Å². The molecule has 0 spiro atoms. The minimum atomic E-state index is 0.597. The third-order valence-electron chi connectivity index (χ3n) is 1.48. The van der Waals surface area contributed by atoms with E-state index in [1.54, 1.807) is 0 Å². The smallest absolute Gasteiger partial charge is 0.0573 e. The summed E-state index contributed by atoms with van der Waals surface area (Å²) in [7, 11) is 0. The second-order valence-electron chi connectivity index (χ2n) is 2.04.